The summed E-state index contributed by atoms with van der Waals surface area (Å²) >= 11 is 0. The summed E-state index contributed by atoms with van der Waals surface area (Å²) in [5.74, 6) is 0.489. The lowest BCUT2D eigenvalue weighted by Crippen LogP contribution is -2.38. The van der Waals surface area contributed by atoms with Crippen molar-refractivity contribution in [2.45, 2.75) is 19.9 Å². The second-order valence-electron chi connectivity index (χ2n) is 7.68. The van der Waals surface area contributed by atoms with Gasteiger partial charge in [-0.3, -0.25) is 9.69 Å². The molecule has 1 saturated heterocycles. The van der Waals surface area contributed by atoms with Crippen molar-refractivity contribution in [1.29, 1.82) is 0 Å². The second-order valence-corrected chi connectivity index (χ2v) is 7.68. The summed E-state index contributed by atoms with van der Waals surface area (Å²) in [6.45, 7) is 6.27. The Hall–Kier alpha value is -3.12. The Bertz CT molecular complexity index is 1090. The number of rotatable bonds is 5. The Labute approximate surface area is 175 Å². The fourth-order valence-corrected chi connectivity index (χ4v) is 3.77. The number of carbonyl (C=O) groups is 1. The zero-order chi connectivity index (χ0) is 20.9. The van der Waals surface area contributed by atoms with Gasteiger partial charge in [-0.25, -0.2) is 4.79 Å². The quantitative estimate of drug-likeness (QED) is 0.609. The molecule has 0 aliphatic carbocycles. The molecule has 0 radical (unpaired) electrons. The van der Waals surface area contributed by atoms with Crippen LogP contribution in [0.2, 0.25) is 0 Å². The summed E-state index contributed by atoms with van der Waals surface area (Å²) in [4.78, 5) is 28.3. The van der Waals surface area contributed by atoms with Gasteiger partial charge in [0, 0.05) is 50.2 Å². The van der Waals surface area contributed by atoms with E-state index < -0.39 is 5.63 Å². The minimum Gasteiger partial charge on any atom is -0.484 e. The number of nitrogens with zero attached hydrogens (tertiary/aromatic N) is 2. The van der Waals surface area contributed by atoms with Crippen LogP contribution in [0.3, 0.4) is 0 Å². The zero-order valence-corrected chi connectivity index (χ0v) is 17.2. The van der Waals surface area contributed by atoms with Crippen LogP contribution in [0.1, 0.15) is 17.5 Å². The fraction of sp³-hybridized carbons (Fsp3) is 0.333. The Balaban J connectivity index is 1.32. The topological polar surface area (TPSA) is 63.0 Å². The summed E-state index contributed by atoms with van der Waals surface area (Å²) in [7, 11) is 0. The first-order valence-corrected chi connectivity index (χ1v) is 10.3. The lowest BCUT2D eigenvalue weighted by Gasteiger charge is -2.22. The molecular formula is C24H26N2O4. The summed E-state index contributed by atoms with van der Waals surface area (Å²) in [5.41, 5.74) is 2.68. The number of fused-ring (bicyclic) bond motifs is 1. The number of amides is 1. The molecule has 0 N–H and O–H groups in total. The molecule has 1 aliphatic rings. The van der Waals surface area contributed by atoms with E-state index in [4.69, 9.17) is 9.15 Å². The summed E-state index contributed by atoms with van der Waals surface area (Å²) in [5, 5.41) is 0.814. The maximum atomic E-state index is 12.7. The molecule has 1 amide bonds. The third-order valence-corrected chi connectivity index (χ3v) is 5.55. The molecule has 1 aromatic heterocycles. The molecule has 0 saturated carbocycles. The SMILES string of the molecule is Cc1ccccc1CN1CCCN(C(=O)COc2ccc3ccc(=O)oc3c2)CC1. The Kier molecular flexibility index (Phi) is 6.14. The standard InChI is InChI=1S/C24H26N2O4/c1-18-5-2-3-6-20(18)16-25-11-4-12-26(14-13-25)23(27)17-29-21-9-7-19-8-10-24(28)30-22(19)15-21/h2-3,5-10,15H,4,11-14,16-17H2,1H3. The normalized spacial score (nSPS) is 15.2. The van der Waals surface area contributed by atoms with Crippen molar-refractivity contribution >= 4 is 16.9 Å². The van der Waals surface area contributed by atoms with Crippen molar-refractivity contribution in [3.05, 3.63) is 76.1 Å². The van der Waals surface area contributed by atoms with Crippen LogP contribution in [0, 0.1) is 6.92 Å². The molecule has 0 atom stereocenters. The van der Waals surface area contributed by atoms with Crippen LogP contribution in [-0.4, -0.2) is 48.5 Å². The predicted octanol–water partition coefficient (Wildman–Crippen LogP) is 3.21. The van der Waals surface area contributed by atoms with E-state index in [0.29, 0.717) is 17.9 Å². The molecule has 1 aliphatic heterocycles. The van der Waals surface area contributed by atoms with E-state index in [0.717, 1.165) is 38.0 Å². The first-order chi connectivity index (χ1) is 14.6. The van der Waals surface area contributed by atoms with Gasteiger partial charge in [0.15, 0.2) is 6.61 Å². The highest BCUT2D eigenvalue weighted by atomic mass is 16.5. The van der Waals surface area contributed by atoms with Crippen molar-refractivity contribution < 1.29 is 13.9 Å². The third-order valence-electron chi connectivity index (χ3n) is 5.55. The molecule has 2 aromatic carbocycles. The molecule has 156 valence electrons. The van der Waals surface area contributed by atoms with Gasteiger partial charge in [-0.1, -0.05) is 24.3 Å². The van der Waals surface area contributed by atoms with Crippen molar-refractivity contribution in [2.24, 2.45) is 0 Å². The van der Waals surface area contributed by atoms with Crippen molar-refractivity contribution in [3.8, 4) is 5.75 Å². The summed E-state index contributed by atoms with van der Waals surface area (Å²) in [6.07, 6.45) is 0.943. The average molecular weight is 406 g/mol. The van der Waals surface area contributed by atoms with E-state index in [2.05, 4.69) is 36.1 Å². The van der Waals surface area contributed by atoms with Gasteiger partial charge in [-0.2, -0.15) is 0 Å². The van der Waals surface area contributed by atoms with Crippen LogP contribution in [0.15, 0.2) is 63.8 Å². The van der Waals surface area contributed by atoms with Crippen LogP contribution in [0.25, 0.3) is 11.0 Å². The highest BCUT2D eigenvalue weighted by molar-refractivity contribution is 5.79. The number of hydrogen-bond donors (Lipinski definition) is 0. The van der Waals surface area contributed by atoms with Crippen LogP contribution < -0.4 is 10.4 Å². The van der Waals surface area contributed by atoms with Gasteiger partial charge in [0.25, 0.3) is 5.91 Å². The monoisotopic (exact) mass is 406 g/mol. The molecule has 4 rings (SSSR count). The van der Waals surface area contributed by atoms with Crippen LogP contribution in [0.5, 0.6) is 5.75 Å². The third kappa shape index (κ3) is 4.89. The van der Waals surface area contributed by atoms with E-state index in [1.807, 2.05) is 11.0 Å². The fourth-order valence-electron chi connectivity index (χ4n) is 3.77. The zero-order valence-electron chi connectivity index (χ0n) is 17.2. The van der Waals surface area contributed by atoms with E-state index in [1.54, 1.807) is 18.2 Å². The number of carbonyl (C=O) groups excluding carboxylic acids is 1. The number of aryl methyl sites for hydroxylation is 1. The Morgan fingerprint density at radius 1 is 1.03 bits per heavy atom. The van der Waals surface area contributed by atoms with Crippen molar-refractivity contribution in [1.82, 2.24) is 9.80 Å². The van der Waals surface area contributed by atoms with Crippen LogP contribution >= 0.6 is 0 Å². The predicted molar refractivity (Wildman–Crippen MR) is 116 cm³/mol. The van der Waals surface area contributed by atoms with Crippen molar-refractivity contribution in [3.63, 3.8) is 0 Å². The molecule has 0 bridgehead atoms. The van der Waals surface area contributed by atoms with E-state index in [-0.39, 0.29) is 12.5 Å². The maximum Gasteiger partial charge on any atom is 0.336 e. The Morgan fingerprint density at radius 3 is 2.73 bits per heavy atom. The molecule has 2 heterocycles. The molecule has 0 unspecified atom stereocenters. The van der Waals surface area contributed by atoms with E-state index in [9.17, 15) is 9.59 Å². The molecule has 6 nitrogen and oxygen atoms in total. The highest BCUT2D eigenvalue weighted by Crippen LogP contribution is 2.19. The first kappa shape index (κ1) is 20.2. The van der Waals surface area contributed by atoms with Crippen molar-refractivity contribution in [2.75, 3.05) is 32.8 Å². The van der Waals surface area contributed by atoms with E-state index >= 15 is 0 Å². The number of benzene rings is 2. The minimum atomic E-state index is -0.407. The maximum absolute atomic E-state index is 12.7. The second kappa shape index (κ2) is 9.13. The average Bonchev–Trinajstić information content (AvgIpc) is 2.99. The lowest BCUT2D eigenvalue weighted by molar-refractivity contribution is -0.133. The van der Waals surface area contributed by atoms with E-state index in [1.165, 1.54) is 17.2 Å². The number of ether oxygens (including phenoxy) is 1. The molecule has 1 fully saturated rings. The highest BCUT2D eigenvalue weighted by Gasteiger charge is 2.20. The first-order valence-electron chi connectivity index (χ1n) is 10.3. The van der Waals surface area contributed by atoms with Gasteiger partial charge >= 0.3 is 5.63 Å². The smallest absolute Gasteiger partial charge is 0.336 e. The largest absolute Gasteiger partial charge is 0.484 e. The lowest BCUT2D eigenvalue weighted by atomic mass is 10.1. The van der Waals surface area contributed by atoms with Gasteiger partial charge in [0.1, 0.15) is 11.3 Å². The molecular weight excluding hydrogens is 380 g/mol. The van der Waals surface area contributed by atoms with Gasteiger partial charge in [0.2, 0.25) is 0 Å². The molecule has 0 spiro atoms. The van der Waals surface area contributed by atoms with Gasteiger partial charge < -0.3 is 14.1 Å². The minimum absolute atomic E-state index is 0.0256. The summed E-state index contributed by atoms with van der Waals surface area (Å²) in [6, 6.07) is 16.8. The number of hydrogen-bond acceptors (Lipinski definition) is 5. The Morgan fingerprint density at radius 2 is 1.87 bits per heavy atom. The molecule has 3 aromatic rings. The van der Waals surface area contributed by atoms with Gasteiger partial charge in [-0.15, -0.1) is 0 Å². The van der Waals surface area contributed by atoms with Crippen LogP contribution in [0.4, 0.5) is 0 Å². The van der Waals surface area contributed by atoms with Crippen LogP contribution in [-0.2, 0) is 11.3 Å². The van der Waals surface area contributed by atoms with Gasteiger partial charge in [-0.05, 0) is 42.7 Å². The summed E-state index contributed by atoms with van der Waals surface area (Å²) < 4.78 is 10.9. The molecule has 6 heteroatoms. The molecule has 30 heavy (non-hydrogen) atoms. The van der Waals surface area contributed by atoms with Gasteiger partial charge in [0.05, 0.1) is 0 Å².